The molecular weight excluding hydrogens is 420 g/mol. The maximum absolute atomic E-state index is 13.1. The second-order valence-electron chi connectivity index (χ2n) is 7.79. The highest BCUT2D eigenvalue weighted by Gasteiger charge is 2.25. The Labute approximate surface area is 190 Å². The number of esters is 1. The molecule has 0 spiro atoms. The Morgan fingerprint density at radius 2 is 1.85 bits per heavy atom. The van der Waals surface area contributed by atoms with Gasteiger partial charge in [-0.15, -0.1) is 0 Å². The highest BCUT2D eigenvalue weighted by atomic mass is 16.5. The number of nitrogens with one attached hydrogen (secondary N) is 3. The van der Waals surface area contributed by atoms with Crippen LogP contribution in [-0.4, -0.2) is 39.7 Å². The van der Waals surface area contributed by atoms with Gasteiger partial charge in [0.05, 0.1) is 48.2 Å². The Balaban J connectivity index is 1.66. The average Bonchev–Trinajstić information content (AvgIpc) is 3.41. The zero-order valence-electron chi connectivity index (χ0n) is 18.6. The minimum absolute atomic E-state index is 0.117. The average molecular weight is 444 g/mol. The zero-order chi connectivity index (χ0) is 23.5. The zero-order valence-corrected chi connectivity index (χ0v) is 18.6. The quantitative estimate of drug-likeness (QED) is 0.297. The largest absolute Gasteiger partial charge is 0.465 e. The van der Waals surface area contributed by atoms with Gasteiger partial charge in [-0.1, -0.05) is 36.4 Å². The number of rotatable bonds is 7. The smallest absolute Gasteiger partial charge is 0.339 e. The van der Waals surface area contributed by atoms with Crippen LogP contribution < -0.4 is 5.32 Å². The fourth-order valence-corrected chi connectivity index (χ4v) is 4.03. The van der Waals surface area contributed by atoms with Crippen LogP contribution in [-0.2, 0) is 16.0 Å². The highest BCUT2D eigenvalue weighted by Crippen LogP contribution is 2.26. The number of amides is 1. The van der Waals surface area contributed by atoms with Crippen molar-refractivity contribution in [3.8, 4) is 0 Å². The van der Waals surface area contributed by atoms with Crippen molar-refractivity contribution in [1.82, 2.24) is 20.3 Å². The van der Waals surface area contributed by atoms with Gasteiger partial charge in [-0.2, -0.15) is 0 Å². The van der Waals surface area contributed by atoms with E-state index in [-0.39, 0.29) is 23.7 Å². The lowest BCUT2D eigenvalue weighted by molar-refractivity contribution is -0.121. The number of benzene rings is 2. The Hall–Kier alpha value is -4.20. The molecule has 2 aromatic carbocycles. The summed E-state index contributed by atoms with van der Waals surface area (Å²) in [7, 11) is 1.27. The number of ether oxygens (including phenoxy) is 1. The van der Waals surface area contributed by atoms with E-state index in [1.54, 1.807) is 13.3 Å². The molecule has 33 heavy (non-hydrogen) atoms. The summed E-state index contributed by atoms with van der Waals surface area (Å²) in [6.45, 7) is 3.06. The van der Waals surface area contributed by atoms with Crippen LogP contribution in [0.25, 0.3) is 11.0 Å². The van der Waals surface area contributed by atoms with Gasteiger partial charge in [0, 0.05) is 12.6 Å². The fraction of sp³-hybridized carbons (Fsp3) is 0.200. The summed E-state index contributed by atoms with van der Waals surface area (Å²) in [5, 5.41) is 3.07. The molecule has 0 saturated heterocycles. The van der Waals surface area contributed by atoms with Crippen molar-refractivity contribution in [2.45, 2.75) is 26.3 Å². The number of hydrogen-bond donors (Lipinski definition) is 3. The van der Waals surface area contributed by atoms with E-state index in [1.807, 2.05) is 48.5 Å². The predicted octanol–water partition coefficient (Wildman–Crippen LogP) is 3.64. The molecule has 1 atom stereocenters. The Morgan fingerprint density at radius 1 is 1.09 bits per heavy atom. The van der Waals surface area contributed by atoms with E-state index in [1.165, 1.54) is 14.0 Å². The number of Topliss-reactive ketones (excluding diaryl/α,β-unsaturated/α-hetero) is 1. The van der Waals surface area contributed by atoms with Crippen molar-refractivity contribution in [3.05, 3.63) is 88.5 Å². The minimum atomic E-state index is -0.594. The van der Waals surface area contributed by atoms with E-state index in [9.17, 15) is 14.4 Å². The first kappa shape index (κ1) is 22.0. The third-order valence-electron chi connectivity index (χ3n) is 5.62. The maximum atomic E-state index is 13.1. The van der Waals surface area contributed by atoms with E-state index in [2.05, 4.69) is 20.3 Å². The van der Waals surface area contributed by atoms with Gasteiger partial charge in [-0.05, 0) is 35.7 Å². The van der Waals surface area contributed by atoms with E-state index in [0.29, 0.717) is 17.0 Å². The van der Waals surface area contributed by atoms with Crippen molar-refractivity contribution in [2.75, 3.05) is 7.11 Å². The molecule has 2 heterocycles. The van der Waals surface area contributed by atoms with E-state index in [0.717, 1.165) is 22.2 Å². The first-order chi connectivity index (χ1) is 15.9. The molecule has 1 unspecified atom stereocenters. The highest BCUT2D eigenvalue weighted by molar-refractivity contribution is 6.01. The molecule has 4 aromatic rings. The van der Waals surface area contributed by atoms with E-state index < -0.39 is 12.0 Å². The molecule has 0 fully saturated rings. The molecule has 0 bridgehead atoms. The van der Waals surface area contributed by atoms with Crippen molar-refractivity contribution < 1.29 is 19.1 Å². The maximum Gasteiger partial charge on any atom is 0.339 e. The molecule has 3 N–H and O–H groups in total. The molecule has 0 aliphatic rings. The Morgan fingerprint density at radius 3 is 2.55 bits per heavy atom. The Bertz CT molecular complexity index is 1340. The predicted molar refractivity (Wildman–Crippen MR) is 123 cm³/mol. The SMILES string of the molecule is COC(=O)c1c(CC(=O)NC(c2ccccc2)c2ccc3nc[nH]c3c2)[nH]c(C(C)=O)c1C. The van der Waals surface area contributed by atoms with Crippen LogP contribution in [0.2, 0.25) is 0 Å². The summed E-state index contributed by atoms with van der Waals surface area (Å²) in [4.78, 5) is 47.7. The summed E-state index contributed by atoms with van der Waals surface area (Å²) in [6.07, 6.45) is 1.51. The van der Waals surface area contributed by atoms with Crippen molar-refractivity contribution in [2.24, 2.45) is 0 Å². The van der Waals surface area contributed by atoms with Gasteiger partial charge in [0.15, 0.2) is 5.78 Å². The molecule has 0 aliphatic carbocycles. The molecule has 2 aromatic heterocycles. The topological polar surface area (TPSA) is 117 Å². The number of aromatic amines is 2. The molecule has 4 rings (SSSR count). The number of hydrogen-bond acceptors (Lipinski definition) is 5. The van der Waals surface area contributed by atoms with Crippen LogP contribution in [0.4, 0.5) is 0 Å². The number of carbonyl (C=O) groups excluding carboxylic acids is 3. The van der Waals surface area contributed by atoms with Crippen LogP contribution >= 0.6 is 0 Å². The molecule has 8 nitrogen and oxygen atoms in total. The number of methoxy groups -OCH3 is 1. The second-order valence-corrected chi connectivity index (χ2v) is 7.79. The molecule has 8 heteroatoms. The third kappa shape index (κ3) is 4.41. The first-order valence-electron chi connectivity index (χ1n) is 10.5. The van der Waals surface area contributed by atoms with Crippen LogP contribution in [0.5, 0.6) is 0 Å². The second kappa shape index (κ2) is 9.12. The number of carbonyl (C=O) groups is 3. The summed E-state index contributed by atoms with van der Waals surface area (Å²) in [5.74, 6) is -1.13. The molecule has 0 radical (unpaired) electrons. The summed E-state index contributed by atoms with van der Waals surface area (Å²) in [5.41, 5.74) is 4.81. The van der Waals surface area contributed by atoms with Gasteiger partial charge in [-0.3, -0.25) is 9.59 Å². The Kier molecular flexibility index (Phi) is 6.08. The van der Waals surface area contributed by atoms with Crippen LogP contribution in [0.3, 0.4) is 0 Å². The van der Waals surface area contributed by atoms with E-state index in [4.69, 9.17) is 4.74 Å². The minimum Gasteiger partial charge on any atom is -0.465 e. The van der Waals surface area contributed by atoms with Gasteiger partial charge in [0.1, 0.15) is 0 Å². The van der Waals surface area contributed by atoms with Gasteiger partial charge in [-0.25, -0.2) is 9.78 Å². The lowest BCUT2D eigenvalue weighted by Crippen LogP contribution is -2.31. The van der Waals surface area contributed by atoms with Gasteiger partial charge >= 0.3 is 5.97 Å². The number of imidazole rings is 1. The van der Waals surface area contributed by atoms with E-state index >= 15 is 0 Å². The standard InChI is InChI=1S/C25H24N4O4/c1-14-22(25(32)33-3)20(28-23(14)15(2)30)12-21(31)29-24(16-7-5-4-6-8-16)17-9-10-18-19(11-17)27-13-26-18/h4-11,13,24,28H,12H2,1-3H3,(H,26,27)(H,29,31). The number of ketones is 1. The normalized spacial score (nSPS) is 11.8. The summed E-state index contributed by atoms with van der Waals surface area (Å²) >= 11 is 0. The number of fused-ring (bicyclic) bond motifs is 1. The van der Waals surface area contributed by atoms with Crippen molar-refractivity contribution >= 4 is 28.7 Å². The monoisotopic (exact) mass is 444 g/mol. The number of aromatic nitrogens is 3. The number of nitrogens with zero attached hydrogens (tertiary/aromatic N) is 1. The van der Waals surface area contributed by atoms with Gasteiger partial charge in [0.2, 0.25) is 5.91 Å². The molecule has 0 saturated carbocycles. The first-order valence-corrected chi connectivity index (χ1v) is 10.5. The molecular formula is C25H24N4O4. The van der Waals surface area contributed by atoms with Crippen LogP contribution in [0.1, 0.15) is 56.2 Å². The molecule has 0 aliphatic heterocycles. The van der Waals surface area contributed by atoms with Crippen molar-refractivity contribution in [3.63, 3.8) is 0 Å². The lowest BCUT2D eigenvalue weighted by atomic mass is 9.97. The van der Waals surface area contributed by atoms with Gasteiger partial charge in [0.25, 0.3) is 0 Å². The van der Waals surface area contributed by atoms with Crippen molar-refractivity contribution in [1.29, 1.82) is 0 Å². The third-order valence-corrected chi connectivity index (χ3v) is 5.62. The number of H-pyrrole nitrogens is 2. The fourth-order valence-electron chi connectivity index (χ4n) is 4.03. The van der Waals surface area contributed by atoms with Crippen LogP contribution in [0.15, 0.2) is 54.9 Å². The van der Waals surface area contributed by atoms with Crippen LogP contribution in [0, 0.1) is 6.92 Å². The molecule has 168 valence electrons. The summed E-state index contributed by atoms with van der Waals surface area (Å²) < 4.78 is 4.87. The van der Waals surface area contributed by atoms with Gasteiger partial charge < -0.3 is 20.0 Å². The lowest BCUT2D eigenvalue weighted by Gasteiger charge is -2.20. The molecule has 1 amide bonds. The summed E-state index contributed by atoms with van der Waals surface area (Å²) in [6, 6.07) is 15.0.